The molecule has 4 rings (SSSR count). The van der Waals surface area contributed by atoms with Crippen molar-refractivity contribution < 1.29 is 22.7 Å². The van der Waals surface area contributed by atoms with Crippen LogP contribution in [-0.2, 0) is 15.4 Å². The summed E-state index contributed by atoms with van der Waals surface area (Å²) in [5.74, 6) is -0.565. The summed E-state index contributed by atoms with van der Waals surface area (Å²) in [6, 6.07) is 7.36. The van der Waals surface area contributed by atoms with Crippen molar-refractivity contribution >= 4 is 38.8 Å². The number of aromatic nitrogens is 3. The molecule has 3 heterocycles. The molecule has 1 saturated carbocycles. The molecule has 0 radical (unpaired) electrons. The first-order valence-electron chi connectivity index (χ1n) is 10.6. The fraction of sp³-hybridized carbons (Fsp3) is 0.304. The van der Waals surface area contributed by atoms with Gasteiger partial charge in [-0.2, -0.15) is 4.39 Å². The molecule has 9 nitrogen and oxygen atoms in total. The van der Waals surface area contributed by atoms with Crippen molar-refractivity contribution in [1.29, 1.82) is 0 Å². The van der Waals surface area contributed by atoms with Gasteiger partial charge in [0.15, 0.2) is 15.6 Å². The lowest BCUT2D eigenvalue weighted by Crippen LogP contribution is -2.18. The highest BCUT2D eigenvalue weighted by molar-refractivity contribution is 7.90. The number of halogens is 1. The standard InChI is InChI=1S/C23H24FN5O4S/c1-23(2,31)15-8-9-18(29-21(15)24)28-19-11-16(14(12-26-19)20(30)13-6-7-13)27-22-17(34(3,32)33)5-4-10-25-22/h4-5,8-13,31H,6-7H2,1-3H3,(H2,25,26,27,28,29). The van der Waals surface area contributed by atoms with Gasteiger partial charge < -0.3 is 15.7 Å². The largest absolute Gasteiger partial charge is 0.386 e. The normalized spacial score (nSPS) is 14.0. The number of ketones is 1. The molecule has 3 aromatic heterocycles. The Balaban J connectivity index is 1.70. The molecule has 1 aliphatic carbocycles. The fourth-order valence-corrected chi connectivity index (χ4v) is 4.17. The number of pyridine rings is 3. The summed E-state index contributed by atoms with van der Waals surface area (Å²) in [6.07, 6.45) is 5.47. The zero-order chi connectivity index (χ0) is 24.7. The number of anilines is 4. The van der Waals surface area contributed by atoms with Crippen molar-refractivity contribution in [2.24, 2.45) is 5.92 Å². The van der Waals surface area contributed by atoms with E-state index in [1.165, 1.54) is 56.6 Å². The highest BCUT2D eigenvalue weighted by Gasteiger charge is 2.32. The minimum atomic E-state index is -3.58. The van der Waals surface area contributed by atoms with Crippen LogP contribution in [0.3, 0.4) is 0 Å². The quantitative estimate of drug-likeness (QED) is 0.322. The lowest BCUT2D eigenvalue weighted by Gasteiger charge is -2.18. The maximum absolute atomic E-state index is 14.4. The fourth-order valence-electron chi connectivity index (χ4n) is 3.39. The van der Waals surface area contributed by atoms with E-state index in [1.54, 1.807) is 0 Å². The SMILES string of the molecule is CC(C)(O)c1ccc(Nc2cc(Nc3ncccc3S(C)(=O)=O)c(C(=O)C3CC3)cn2)nc1F. The van der Waals surface area contributed by atoms with Gasteiger partial charge in [0.25, 0.3) is 0 Å². The van der Waals surface area contributed by atoms with Crippen molar-refractivity contribution in [3.8, 4) is 0 Å². The Morgan fingerprint density at radius 3 is 2.50 bits per heavy atom. The predicted octanol–water partition coefficient (Wildman–Crippen LogP) is 3.72. The molecule has 0 atom stereocenters. The summed E-state index contributed by atoms with van der Waals surface area (Å²) in [5, 5.41) is 15.9. The van der Waals surface area contributed by atoms with Gasteiger partial charge in [-0.05, 0) is 51.0 Å². The molecule has 0 spiro atoms. The number of nitrogens with one attached hydrogen (secondary N) is 2. The molecule has 11 heteroatoms. The number of carbonyl (C=O) groups is 1. The van der Waals surface area contributed by atoms with Crippen LogP contribution in [0.25, 0.3) is 0 Å². The highest BCUT2D eigenvalue weighted by Crippen LogP contribution is 2.36. The number of Topliss-reactive ketones (excluding diaryl/α,β-unsaturated/α-hetero) is 1. The smallest absolute Gasteiger partial charge is 0.220 e. The molecule has 34 heavy (non-hydrogen) atoms. The van der Waals surface area contributed by atoms with Gasteiger partial charge in [-0.15, -0.1) is 0 Å². The van der Waals surface area contributed by atoms with E-state index < -0.39 is 21.4 Å². The first kappa shape index (κ1) is 23.7. The Hall–Kier alpha value is -3.44. The maximum Gasteiger partial charge on any atom is 0.220 e. The number of sulfone groups is 1. The van der Waals surface area contributed by atoms with Gasteiger partial charge in [-0.1, -0.05) is 0 Å². The highest BCUT2D eigenvalue weighted by atomic mass is 32.2. The Labute approximate surface area is 196 Å². The first-order chi connectivity index (χ1) is 15.9. The third-order valence-corrected chi connectivity index (χ3v) is 6.43. The van der Waals surface area contributed by atoms with Crippen LogP contribution in [-0.4, -0.2) is 40.5 Å². The monoisotopic (exact) mass is 485 g/mol. The van der Waals surface area contributed by atoms with Gasteiger partial charge in [0.2, 0.25) is 5.95 Å². The van der Waals surface area contributed by atoms with E-state index in [0.29, 0.717) is 11.3 Å². The summed E-state index contributed by atoms with van der Waals surface area (Å²) in [4.78, 5) is 25.0. The average molecular weight is 486 g/mol. The minimum absolute atomic E-state index is 0.0166. The molecule has 0 bridgehead atoms. The van der Waals surface area contributed by atoms with Crippen molar-refractivity contribution in [2.75, 3.05) is 16.9 Å². The van der Waals surface area contributed by atoms with Gasteiger partial charge in [0, 0.05) is 36.2 Å². The molecular formula is C23H24FN5O4S. The molecule has 1 aliphatic rings. The Morgan fingerprint density at radius 1 is 1.15 bits per heavy atom. The van der Waals surface area contributed by atoms with Crippen LogP contribution in [0.2, 0.25) is 0 Å². The van der Waals surface area contributed by atoms with Crippen molar-refractivity contribution in [3.63, 3.8) is 0 Å². The van der Waals surface area contributed by atoms with Gasteiger partial charge >= 0.3 is 0 Å². The van der Waals surface area contributed by atoms with Crippen LogP contribution < -0.4 is 10.6 Å². The molecule has 0 amide bonds. The summed E-state index contributed by atoms with van der Waals surface area (Å²) < 4.78 is 38.8. The topological polar surface area (TPSA) is 134 Å². The lowest BCUT2D eigenvalue weighted by molar-refractivity contribution is 0.0737. The molecule has 0 aromatic carbocycles. The number of hydrogen-bond donors (Lipinski definition) is 3. The molecule has 0 saturated heterocycles. The second-order valence-electron chi connectivity index (χ2n) is 8.72. The van der Waals surface area contributed by atoms with Crippen molar-refractivity contribution in [2.45, 2.75) is 37.2 Å². The average Bonchev–Trinajstić information content (AvgIpc) is 3.58. The number of hydrogen-bond acceptors (Lipinski definition) is 9. The Kier molecular flexibility index (Phi) is 6.09. The van der Waals surface area contributed by atoms with Crippen LogP contribution >= 0.6 is 0 Å². The van der Waals surface area contributed by atoms with Crippen LogP contribution in [0.5, 0.6) is 0 Å². The zero-order valence-electron chi connectivity index (χ0n) is 18.8. The van der Waals surface area contributed by atoms with Crippen molar-refractivity contribution in [1.82, 2.24) is 15.0 Å². The first-order valence-corrected chi connectivity index (χ1v) is 12.5. The van der Waals surface area contributed by atoms with E-state index in [9.17, 15) is 22.7 Å². The molecule has 3 aromatic rings. The number of nitrogens with zero attached hydrogens (tertiary/aromatic N) is 3. The van der Waals surface area contributed by atoms with E-state index in [0.717, 1.165) is 19.1 Å². The van der Waals surface area contributed by atoms with E-state index in [1.807, 2.05) is 0 Å². The van der Waals surface area contributed by atoms with Crippen LogP contribution in [0.1, 0.15) is 42.6 Å². The lowest BCUT2D eigenvalue weighted by atomic mass is 10.0. The van der Waals surface area contributed by atoms with Crippen LogP contribution in [0, 0.1) is 11.9 Å². The van der Waals surface area contributed by atoms with E-state index >= 15 is 0 Å². The third-order valence-electron chi connectivity index (χ3n) is 5.30. The summed E-state index contributed by atoms with van der Waals surface area (Å²) in [6.45, 7) is 2.91. The number of carbonyl (C=O) groups excluding carboxylic acids is 1. The number of rotatable bonds is 8. The second kappa shape index (κ2) is 8.73. The predicted molar refractivity (Wildman–Crippen MR) is 125 cm³/mol. The molecule has 178 valence electrons. The Morgan fingerprint density at radius 2 is 1.88 bits per heavy atom. The minimum Gasteiger partial charge on any atom is -0.386 e. The summed E-state index contributed by atoms with van der Waals surface area (Å²) in [7, 11) is -3.58. The van der Waals surface area contributed by atoms with E-state index in [2.05, 4.69) is 25.6 Å². The molecule has 0 aliphatic heterocycles. The zero-order valence-corrected chi connectivity index (χ0v) is 19.6. The van der Waals surface area contributed by atoms with Crippen LogP contribution in [0.4, 0.5) is 27.5 Å². The van der Waals surface area contributed by atoms with E-state index in [4.69, 9.17) is 0 Å². The second-order valence-corrected chi connectivity index (χ2v) is 10.7. The maximum atomic E-state index is 14.4. The summed E-state index contributed by atoms with van der Waals surface area (Å²) >= 11 is 0. The van der Waals surface area contributed by atoms with Gasteiger partial charge in [0.1, 0.15) is 22.3 Å². The van der Waals surface area contributed by atoms with E-state index in [-0.39, 0.29) is 39.6 Å². The van der Waals surface area contributed by atoms with Gasteiger partial charge in [0.05, 0.1) is 16.9 Å². The molecular weight excluding hydrogens is 461 g/mol. The number of aliphatic hydroxyl groups is 1. The molecule has 3 N–H and O–H groups in total. The third kappa shape index (κ3) is 5.20. The summed E-state index contributed by atoms with van der Waals surface area (Å²) in [5.41, 5.74) is -0.737. The van der Waals surface area contributed by atoms with Gasteiger partial charge in [-0.25, -0.2) is 23.4 Å². The molecule has 1 fully saturated rings. The van der Waals surface area contributed by atoms with Gasteiger partial charge in [-0.3, -0.25) is 4.79 Å². The molecule has 0 unspecified atom stereocenters. The van der Waals surface area contributed by atoms with Crippen molar-refractivity contribution in [3.05, 3.63) is 59.8 Å². The van der Waals surface area contributed by atoms with Crippen LogP contribution in [0.15, 0.2) is 47.6 Å². The Bertz CT molecular complexity index is 1370.